The van der Waals surface area contributed by atoms with Gasteiger partial charge < -0.3 is 15.2 Å². The molecule has 0 heterocycles. The highest BCUT2D eigenvalue weighted by Crippen LogP contribution is 2.40. The summed E-state index contributed by atoms with van der Waals surface area (Å²) in [7, 11) is 3.32. The third-order valence-corrected chi connectivity index (χ3v) is 3.15. The van der Waals surface area contributed by atoms with E-state index in [2.05, 4.69) is 0 Å². The number of nitrogens with two attached hydrogens (primary N) is 1. The van der Waals surface area contributed by atoms with Crippen LogP contribution < -0.4 is 15.2 Å². The maximum Gasteiger partial charge on any atom is 0.130 e. The molecule has 1 atom stereocenters. The lowest BCUT2D eigenvalue weighted by Gasteiger charge is -2.17. The largest absolute Gasteiger partial charge is 0.496 e. The van der Waals surface area contributed by atoms with E-state index < -0.39 is 0 Å². The van der Waals surface area contributed by atoms with Crippen LogP contribution in [0.15, 0.2) is 42.5 Å². The Bertz CT molecular complexity index is 542. The molecule has 0 saturated heterocycles. The van der Waals surface area contributed by atoms with Crippen LogP contribution in [-0.4, -0.2) is 14.2 Å². The van der Waals surface area contributed by atoms with Crippen LogP contribution in [0.25, 0.3) is 11.1 Å². The highest BCUT2D eigenvalue weighted by molar-refractivity contribution is 5.79. The number of ether oxygens (including phenoxy) is 2. The van der Waals surface area contributed by atoms with Crippen molar-refractivity contribution in [1.82, 2.24) is 0 Å². The molecule has 0 radical (unpaired) electrons. The van der Waals surface area contributed by atoms with Gasteiger partial charge in [-0.3, -0.25) is 0 Å². The Hall–Kier alpha value is -2.00. The number of methoxy groups -OCH3 is 2. The highest BCUT2D eigenvalue weighted by Gasteiger charge is 2.16. The molecule has 0 bridgehead atoms. The third kappa shape index (κ3) is 2.56. The molecule has 19 heavy (non-hydrogen) atoms. The molecule has 3 nitrogen and oxygen atoms in total. The zero-order valence-electron chi connectivity index (χ0n) is 11.5. The summed E-state index contributed by atoms with van der Waals surface area (Å²) in [5, 5.41) is 0. The fourth-order valence-electron chi connectivity index (χ4n) is 2.24. The van der Waals surface area contributed by atoms with Crippen LogP contribution in [-0.2, 0) is 0 Å². The van der Waals surface area contributed by atoms with Gasteiger partial charge >= 0.3 is 0 Å². The van der Waals surface area contributed by atoms with Gasteiger partial charge in [0, 0.05) is 6.04 Å². The van der Waals surface area contributed by atoms with Crippen molar-refractivity contribution >= 4 is 0 Å². The average Bonchev–Trinajstić information content (AvgIpc) is 2.46. The summed E-state index contributed by atoms with van der Waals surface area (Å²) in [6, 6.07) is 13.8. The van der Waals surface area contributed by atoms with Gasteiger partial charge in [-0.25, -0.2) is 0 Å². The molecule has 1 unspecified atom stereocenters. The van der Waals surface area contributed by atoms with E-state index in [1.165, 1.54) is 0 Å². The van der Waals surface area contributed by atoms with Crippen molar-refractivity contribution < 1.29 is 9.47 Å². The number of hydrogen-bond acceptors (Lipinski definition) is 3. The molecule has 2 aromatic rings. The van der Waals surface area contributed by atoms with E-state index >= 15 is 0 Å². The van der Waals surface area contributed by atoms with Crippen molar-refractivity contribution in [3.8, 4) is 22.6 Å². The van der Waals surface area contributed by atoms with Gasteiger partial charge in [0.1, 0.15) is 11.5 Å². The van der Waals surface area contributed by atoms with Crippen LogP contribution in [0.3, 0.4) is 0 Å². The molecule has 0 saturated carbocycles. The fourth-order valence-corrected chi connectivity index (χ4v) is 2.24. The first-order chi connectivity index (χ1) is 9.19. The molecule has 0 amide bonds. The first-order valence-electron chi connectivity index (χ1n) is 6.25. The molecular weight excluding hydrogens is 238 g/mol. The van der Waals surface area contributed by atoms with Gasteiger partial charge in [0.2, 0.25) is 0 Å². The van der Waals surface area contributed by atoms with Crippen LogP contribution in [0, 0.1) is 0 Å². The molecule has 0 aromatic heterocycles. The van der Waals surface area contributed by atoms with Crippen LogP contribution >= 0.6 is 0 Å². The van der Waals surface area contributed by atoms with Crippen molar-refractivity contribution in [3.05, 3.63) is 48.0 Å². The molecule has 0 aliphatic heterocycles. The lowest BCUT2D eigenvalue weighted by molar-refractivity contribution is 0.397. The van der Waals surface area contributed by atoms with Gasteiger partial charge in [-0.15, -0.1) is 0 Å². The Morgan fingerprint density at radius 1 is 0.895 bits per heavy atom. The Morgan fingerprint density at radius 3 is 2.00 bits per heavy atom. The Morgan fingerprint density at radius 2 is 1.47 bits per heavy atom. The highest BCUT2D eigenvalue weighted by atomic mass is 16.5. The molecule has 2 N–H and O–H groups in total. The normalized spacial score (nSPS) is 12.0. The van der Waals surface area contributed by atoms with Crippen molar-refractivity contribution in [3.63, 3.8) is 0 Å². The topological polar surface area (TPSA) is 44.5 Å². The van der Waals surface area contributed by atoms with Crippen LogP contribution in [0.1, 0.15) is 18.5 Å². The molecule has 2 aromatic carbocycles. The second kappa shape index (κ2) is 5.76. The molecule has 0 aliphatic rings. The predicted octanol–water partition coefficient (Wildman–Crippen LogP) is 3.39. The molecular formula is C16H19NO2. The molecule has 0 fully saturated rings. The second-order valence-corrected chi connectivity index (χ2v) is 4.41. The van der Waals surface area contributed by atoms with Gasteiger partial charge in [0.05, 0.1) is 19.8 Å². The Labute approximate surface area is 114 Å². The number of rotatable bonds is 4. The first kappa shape index (κ1) is 13.4. The first-order valence-corrected chi connectivity index (χ1v) is 6.25. The van der Waals surface area contributed by atoms with Gasteiger partial charge in [-0.2, -0.15) is 0 Å². The van der Waals surface area contributed by atoms with Gasteiger partial charge in [0.25, 0.3) is 0 Å². The summed E-state index contributed by atoms with van der Waals surface area (Å²) in [6.07, 6.45) is 0. The van der Waals surface area contributed by atoms with Crippen molar-refractivity contribution in [2.45, 2.75) is 13.0 Å². The zero-order valence-corrected chi connectivity index (χ0v) is 11.5. The summed E-state index contributed by atoms with van der Waals surface area (Å²) in [5.74, 6) is 1.57. The predicted molar refractivity (Wildman–Crippen MR) is 77.6 cm³/mol. The lowest BCUT2D eigenvalue weighted by atomic mass is 9.94. The second-order valence-electron chi connectivity index (χ2n) is 4.41. The smallest absolute Gasteiger partial charge is 0.130 e. The summed E-state index contributed by atoms with van der Waals surface area (Å²) in [5.41, 5.74) is 9.12. The van der Waals surface area contributed by atoms with Gasteiger partial charge in [0.15, 0.2) is 0 Å². The lowest BCUT2D eigenvalue weighted by Crippen LogP contribution is -2.07. The number of benzene rings is 2. The SMILES string of the molecule is COc1cccc(OC)c1-c1ccccc1C(C)N. The summed E-state index contributed by atoms with van der Waals surface area (Å²) >= 11 is 0. The van der Waals surface area contributed by atoms with E-state index in [0.29, 0.717) is 0 Å². The van der Waals surface area contributed by atoms with Gasteiger partial charge in [-0.1, -0.05) is 30.3 Å². The van der Waals surface area contributed by atoms with E-state index in [9.17, 15) is 0 Å². The third-order valence-electron chi connectivity index (χ3n) is 3.15. The monoisotopic (exact) mass is 257 g/mol. The zero-order chi connectivity index (χ0) is 13.8. The van der Waals surface area contributed by atoms with Crippen molar-refractivity contribution in [2.24, 2.45) is 5.73 Å². The summed E-state index contributed by atoms with van der Waals surface area (Å²) < 4.78 is 10.9. The fraction of sp³-hybridized carbons (Fsp3) is 0.250. The molecule has 0 spiro atoms. The molecule has 3 heteroatoms. The minimum atomic E-state index is -0.0502. The van der Waals surface area contributed by atoms with E-state index in [0.717, 1.165) is 28.2 Å². The van der Waals surface area contributed by atoms with Crippen LogP contribution in [0.2, 0.25) is 0 Å². The standard InChI is InChI=1S/C16H19NO2/c1-11(17)12-7-4-5-8-13(12)16-14(18-2)9-6-10-15(16)19-3/h4-11H,17H2,1-3H3. The van der Waals surface area contributed by atoms with Crippen LogP contribution in [0.5, 0.6) is 11.5 Å². The summed E-state index contributed by atoms with van der Waals surface area (Å²) in [4.78, 5) is 0. The Balaban J connectivity index is 2.71. The number of hydrogen-bond donors (Lipinski definition) is 1. The van der Waals surface area contributed by atoms with E-state index in [-0.39, 0.29) is 6.04 Å². The maximum atomic E-state index is 6.05. The van der Waals surface area contributed by atoms with Crippen molar-refractivity contribution in [2.75, 3.05) is 14.2 Å². The molecule has 0 aliphatic carbocycles. The van der Waals surface area contributed by atoms with Crippen LogP contribution in [0.4, 0.5) is 0 Å². The quantitative estimate of drug-likeness (QED) is 0.913. The van der Waals surface area contributed by atoms with Crippen molar-refractivity contribution in [1.29, 1.82) is 0 Å². The van der Waals surface area contributed by atoms with E-state index in [1.54, 1.807) is 14.2 Å². The van der Waals surface area contributed by atoms with Gasteiger partial charge in [-0.05, 0) is 30.2 Å². The minimum absolute atomic E-state index is 0.0502. The van der Waals surface area contributed by atoms with E-state index in [4.69, 9.17) is 15.2 Å². The molecule has 2 rings (SSSR count). The minimum Gasteiger partial charge on any atom is -0.496 e. The summed E-state index contributed by atoms with van der Waals surface area (Å²) in [6.45, 7) is 1.97. The maximum absolute atomic E-state index is 6.05. The molecule has 100 valence electrons. The van der Waals surface area contributed by atoms with E-state index in [1.807, 2.05) is 49.4 Å². The average molecular weight is 257 g/mol. The Kier molecular flexibility index (Phi) is 4.07.